The van der Waals surface area contributed by atoms with Gasteiger partial charge in [0.25, 0.3) is 5.91 Å². The summed E-state index contributed by atoms with van der Waals surface area (Å²) in [6.07, 6.45) is 7.98. The second-order valence-electron chi connectivity index (χ2n) is 6.16. The van der Waals surface area contributed by atoms with Crippen molar-refractivity contribution in [3.8, 4) is 0 Å². The third-order valence-electron chi connectivity index (χ3n) is 4.23. The number of rotatable bonds is 4. The van der Waals surface area contributed by atoms with Gasteiger partial charge in [0.05, 0.1) is 11.8 Å². The van der Waals surface area contributed by atoms with Crippen LogP contribution in [0.15, 0.2) is 36.9 Å². The predicted molar refractivity (Wildman–Crippen MR) is 89.7 cm³/mol. The Morgan fingerprint density at radius 3 is 3.00 bits per heavy atom. The van der Waals surface area contributed by atoms with Gasteiger partial charge in [0.15, 0.2) is 0 Å². The third-order valence-corrected chi connectivity index (χ3v) is 4.23. The maximum atomic E-state index is 12.3. The summed E-state index contributed by atoms with van der Waals surface area (Å²) in [7, 11) is 0. The minimum Gasteiger partial charge on any atom is -0.386 e. The zero-order chi connectivity index (χ0) is 17.0. The van der Waals surface area contributed by atoms with Crippen molar-refractivity contribution in [3.63, 3.8) is 0 Å². The summed E-state index contributed by atoms with van der Waals surface area (Å²) in [5, 5.41) is 13.7. The predicted octanol–water partition coefficient (Wildman–Crippen LogP) is 0.941. The molecule has 0 saturated carbocycles. The molecule has 0 unspecified atom stereocenters. The van der Waals surface area contributed by atoms with Crippen LogP contribution in [-0.2, 0) is 0 Å². The van der Waals surface area contributed by atoms with Crippen LogP contribution >= 0.6 is 0 Å². The number of pyridine rings is 1. The molecule has 0 radical (unpaired) electrons. The first-order chi connectivity index (χ1) is 11.6. The van der Waals surface area contributed by atoms with E-state index in [2.05, 4.69) is 20.3 Å². The average molecular weight is 327 g/mol. The highest BCUT2D eigenvalue weighted by molar-refractivity contribution is 5.93. The molecule has 1 atom stereocenters. The van der Waals surface area contributed by atoms with E-state index in [1.54, 1.807) is 30.9 Å². The first-order valence-electron chi connectivity index (χ1n) is 8.01. The molecule has 2 aromatic rings. The number of anilines is 1. The molecule has 2 N–H and O–H groups in total. The van der Waals surface area contributed by atoms with Gasteiger partial charge >= 0.3 is 0 Å². The molecule has 0 aromatic carbocycles. The molecule has 3 heterocycles. The molecule has 7 nitrogen and oxygen atoms in total. The molecule has 1 aliphatic rings. The first-order valence-corrected chi connectivity index (χ1v) is 8.01. The Balaban J connectivity index is 1.64. The van der Waals surface area contributed by atoms with Crippen LogP contribution in [-0.4, -0.2) is 51.2 Å². The summed E-state index contributed by atoms with van der Waals surface area (Å²) in [4.78, 5) is 26.7. The SMILES string of the molecule is Cc1cccnc1C(=O)NC[C@]1(O)CCCN(c2cnccn2)C1. The van der Waals surface area contributed by atoms with E-state index in [1.807, 2.05) is 17.9 Å². The molecule has 1 fully saturated rings. The quantitative estimate of drug-likeness (QED) is 0.868. The van der Waals surface area contributed by atoms with Crippen molar-refractivity contribution in [1.82, 2.24) is 20.3 Å². The molecule has 2 aromatic heterocycles. The molecule has 7 heteroatoms. The van der Waals surface area contributed by atoms with Crippen molar-refractivity contribution in [2.45, 2.75) is 25.4 Å². The molecule has 1 amide bonds. The summed E-state index contributed by atoms with van der Waals surface area (Å²) in [6.45, 7) is 3.24. The molecule has 24 heavy (non-hydrogen) atoms. The van der Waals surface area contributed by atoms with E-state index in [1.165, 1.54) is 0 Å². The highest BCUT2D eigenvalue weighted by atomic mass is 16.3. The number of carbonyl (C=O) groups is 1. The number of hydrogen-bond donors (Lipinski definition) is 2. The molecule has 0 bridgehead atoms. The minimum atomic E-state index is -0.992. The minimum absolute atomic E-state index is 0.179. The maximum Gasteiger partial charge on any atom is 0.270 e. The van der Waals surface area contributed by atoms with Crippen LogP contribution in [0.1, 0.15) is 28.9 Å². The number of aliphatic hydroxyl groups is 1. The molecule has 3 rings (SSSR count). The van der Waals surface area contributed by atoms with Crippen molar-refractivity contribution in [2.75, 3.05) is 24.5 Å². The van der Waals surface area contributed by atoms with Crippen molar-refractivity contribution >= 4 is 11.7 Å². The third kappa shape index (κ3) is 3.68. The standard InChI is InChI=1S/C17H21N5O2/c1-13-4-2-6-20-15(13)16(23)21-11-17(24)5-3-9-22(12-17)14-10-18-7-8-19-14/h2,4,6-8,10,24H,3,5,9,11-12H2,1H3,(H,21,23)/t17-/m1/s1. The molecular formula is C17H21N5O2. The summed E-state index contributed by atoms with van der Waals surface area (Å²) < 4.78 is 0. The van der Waals surface area contributed by atoms with E-state index < -0.39 is 5.60 Å². The van der Waals surface area contributed by atoms with Crippen molar-refractivity contribution in [1.29, 1.82) is 0 Å². The van der Waals surface area contributed by atoms with Gasteiger partial charge in [-0.05, 0) is 31.4 Å². The fourth-order valence-corrected chi connectivity index (χ4v) is 2.96. The number of aryl methyl sites for hydroxylation is 1. The van der Waals surface area contributed by atoms with Crippen molar-refractivity contribution < 1.29 is 9.90 Å². The molecule has 0 spiro atoms. The Kier molecular flexibility index (Phi) is 4.71. The van der Waals surface area contributed by atoms with Crippen LogP contribution in [0.5, 0.6) is 0 Å². The monoisotopic (exact) mass is 327 g/mol. The second-order valence-corrected chi connectivity index (χ2v) is 6.16. The van der Waals surface area contributed by atoms with Gasteiger partial charge in [-0.15, -0.1) is 0 Å². The molecule has 1 saturated heterocycles. The van der Waals surface area contributed by atoms with Gasteiger partial charge < -0.3 is 15.3 Å². The van der Waals surface area contributed by atoms with E-state index in [-0.39, 0.29) is 12.5 Å². The zero-order valence-electron chi connectivity index (χ0n) is 13.6. The van der Waals surface area contributed by atoms with Crippen LogP contribution in [0, 0.1) is 6.92 Å². The van der Waals surface area contributed by atoms with E-state index in [9.17, 15) is 9.90 Å². The van der Waals surface area contributed by atoms with Crippen LogP contribution < -0.4 is 10.2 Å². The largest absolute Gasteiger partial charge is 0.386 e. The Labute approximate surface area is 140 Å². The lowest BCUT2D eigenvalue weighted by Gasteiger charge is -2.39. The lowest BCUT2D eigenvalue weighted by Crippen LogP contribution is -2.54. The number of nitrogens with one attached hydrogen (secondary N) is 1. The number of nitrogens with zero attached hydrogens (tertiary/aromatic N) is 4. The van der Waals surface area contributed by atoms with Gasteiger partial charge in [0.2, 0.25) is 0 Å². The van der Waals surface area contributed by atoms with Crippen LogP contribution in [0.2, 0.25) is 0 Å². The van der Waals surface area contributed by atoms with Gasteiger partial charge in [-0.25, -0.2) is 4.98 Å². The lowest BCUT2D eigenvalue weighted by atomic mass is 9.92. The van der Waals surface area contributed by atoms with E-state index in [0.717, 1.165) is 24.3 Å². The summed E-state index contributed by atoms with van der Waals surface area (Å²) in [5.41, 5.74) is 0.211. The molecule has 0 aliphatic carbocycles. The fourth-order valence-electron chi connectivity index (χ4n) is 2.96. The fraction of sp³-hybridized carbons (Fsp3) is 0.412. The van der Waals surface area contributed by atoms with E-state index >= 15 is 0 Å². The van der Waals surface area contributed by atoms with Gasteiger partial charge in [-0.1, -0.05) is 6.07 Å². The molecule has 1 aliphatic heterocycles. The van der Waals surface area contributed by atoms with Gasteiger partial charge in [0.1, 0.15) is 11.5 Å². The topological polar surface area (TPSA) is 91.2 Å². The van der Waals surface area contributed by atoms with Crippen LogP contribution in [0.4, 0.5) is 5.82 Å². The number of aromatic nitrogens is 3. The Hall–Kier alpha value is -2.54. The second kappa shape index (κ2) is 6.92. The number of amides is 1. The number of hydrogen-bond acceptors (Lipinski definition) is 6. The van der Waals surface area contributed by atoms with Gasteiger partial charge in [0, 0.05) is 38.2 Å². The van der Waals surface area contributed by atoms with Crippen molar-refractivity contribution in [3.05, 3.63) is 48.2 Å². The highest BCUT2D eigenvalue weighted by Crippen LogP contribution is 2.24. The molecule has 126 valence electrons. The molecular weight excluding hydrogens is 306 g/mol. The van der Waals surface area contributed by atoms with Gasteiger partial charge in [-0.2, -0.15) is 0 Å². The summed E-state index contributed by atoms with van der Waals surface area (Å²) >= 11 is 0. The van der Waals surface area contributed by atoms with Crippen LogP contribution in [0.25, 0.3) is 0 Å². The number of piperidine rings is 1. The number of β-amino-alcohol motifs (C(OH)–C–C–N with tert-alkyl or cyclic N) is 1. The smallest absolute Gasteiger partial charge is 0.270 e. The number of carbonyl (C=O) groups excluding carboxylic acids is 1. The Morgan fingerprint density at radius 1 is 1.38 bits per heavy atom. The first kappa shape index (κ1) is 16.3. The summed E-state index contributed by atoms with van der Waals surface area (Å²) in [6, 6.07) is 3.63. The Morgan fingerprint density at radius 2 is 2.25 bits per heavy atom. The maximum absolute atomic E-state index is 12.3. The normalized spacial score (nSPS) is 20.7. The van der Waals surface area contributed by atoms with Gasteiger partial charge in [-0.3, -0.25) is 14.8 Å². The average Bonchev–Trinajstić information content (AvgIpc) is 2.61. The lowest BCUT2D eigenvalue weighted by molar-refractivity contribution is 0.0253. The van der Waals surface area contributed by atoms with Crippen LogP contribution in [0.3, 0.4) is 0 Å². The van der Waals surface area contributed by atoms with E-state index in [4.69, 9.17) is 0 Å². The van der Waals surface area contributed by atoms with E-state index in [0.29, 0.717) is 18.7 Å². The summed E-state index contributed by atoms with van der Waals surface area (Å²) in [5.74, 6) is 0.473. The zero-order valence-corrected chi connectivity index (χ0v) is 13.6. The highest BCUT2D eigenvalue weighted by Gasteiger charge is 2.34. The Bertz CT molecular complexity index is 709. The van der Waals surface area contributed by atoms with Crippen molar-refractivity contribution in [2.24, 2.45) is 0 Å².